The van der Waals surface area contributed by atoms with E-state index in [-0.39, 0.29) is 5.56 Å². The Morgan fingerprint density at radius 3 is 2.75 bits per heavy atom. The van der Waals surface area contributed by atoms with Crippen LogP contribution in [-0.4, -0.2) is 40.6 Å². The molecular formula is C22H26N4OS. The van der Waals surface area contributed by atoms with Crippen molar-refractivity contribution in [3.05, 3.63) is 56.4 Å². The van der Waals surface area contributed by atoms with E-state index in [1.165, 1.54) is 23.3 Å². The third-order valence-corrected chi connectivity index (χ3v) is 7.18. The first-order chi connectivity index (χ1) is 13.7. The zero-order valence-corrected chi connectivity index (χ0v) is 17.1. The molecule has 1 aliphatic carbocycles. The van der Waals surface area contributed by atoms with Gasteiger partial charge in [-0.25, -0.2) is 4.98 Å². The van der Waals surface area contributed by atoms with Crippen LogP contribution in [0.5, 0.6) is 0 Å². The summed E-state index contributed by atoms with van der Waals surface area (Å²) >= 11 is 1.74. The lowest BCUT2D eigenvalue weighted by Gasteiger charge is -2.27. The standard InChI is InChI=1S/C22H26N4OS/c1-15-6-2-4-8-17(15)26-19(14-25-12-10-23-11-13-25)24-21-20(22(26)27)16-7-3-5-9-18(16)28-21/h2,4,6,8,23H,3,5,7,9-14H2,1H3. The highest BCUT2D eigenvalue weighted by Gasteiger charge is 2.24. The number of fused-ring (bicyclic) bond motifs is 3. The van der Waals surface area contributed by atoms with Crippen LogP contribution < -0.4 is 10.9 Å². The Kier molecular flexibility index (Phi) is 4.78. The Labute approximate surface area is 169 Å². The van der Waals surface area contributed by atoms with Crippen molar-refractivity contribution in [2.75, 3.05) is 26.2 Å². The van der Waals surface area contributed by atoms with Crippen LogP contribution in [0.3, 0.4) is 0 Å². The first-order valence-corrected chi connectivity index (χ1v) is 11.1. The van der Waals surface area contributed by atoms with Gasteiger partial charge in [0.15, 0.2) is 0 Å². The van der Waals surface area contributed by atoms with Crippen LogP contribution >= 0.6 is 11.3 Å². The average Bonchev–Trinajstić information content (AvgIpc) is 3.08. The molecule has 28 heavy (non-hydrogen) atoms. The maximum absolute atomic E-state index is 13.8. The number of para-hydroxylation sites is 1. The highest BCUT2D eigenvalue weighted by Crippen LogP contribution is 2.34. The highest BCUT2D eigenvalue weighted by atomic mass is 32.1. The summed E-state index contributed by atoms with van der Waals surface area (Å²) in [5.74, 6) is 0.868. The monoisotopic (exact) mass is 394 g/mol. The Morgan fingerprint density at radius 2 is 1.93 bits per heavy atom. The first-order valence-electron chi connectivity index (χ1n) is 10.3. The van der Waals surface area contributed by atoms with Crippen molar-refractivity contribution in [2.45, 2.75) is 39.2 Å². The van der Waals surface area contributed by atoms with Crippen molar-refractivity contribution < 1.29 is 0 Å². The van der Waals surface area contributed by atoms with E-state index in [0.717, 1.165) is 66.3 Å². The molecule has 0 unspecified atom stereocenters. The van der Waals surface area contributed by atoms with E-state index in [1.807, 2.05) is 22.8 Å². The van der Waals surface area contributed by atoms with Gasteiger partial charge in [-0.1, -0.05) is 18.2 Å². The van der Waals surface area contributed by atoms with Gasteiger partial charge in [-0.05, 0) is 49.8 Å². The van der Waals surface area contributed by atoms with Crippen LogP contribution in [0.1, 0.15) is 34.7 Å². The first kappa shape index (κ1) is 18.0. The maximum atomic E-state index is 13.8. The SMILES string of the molecule is Cc1ccccc1-n1c(CN2CCNCC2)nc2sc3c(c2c1=O)CCCC3. The maximum Gasteiger partial charge on any atom is 0.267 e. The van der Waals surface area contributed by atoms with Gasteiger partial charge in [0.1, 0.15) is 10.7 Å². The average molecular weight is 395 g/mol. The molecule has 2 aliphatic rings. The minimum atomic E-state index is 0.115. The molecule has 3 heterocycles. The van der Waals surface area contributed by atoms with Gasteiger partial charge < -0.3 is 5.32 Å². The lowest BCUT2D eigenvalue weighted by Crippen LogP contribution is -2.44. The normalized spacial score (nSPS) is 17.8. The second-order valence-corrected chi connectivity index (χ2v) is 8.96. The zero-order chi connectivity index (χ0) is 19.1. The Balaban J connectivity index is 1.73. The fourth-order valence-corrected chi connectivity index (χ4v) is 5.76. The van der Waals surface area contributed by atoms with Crippen LogP contribution in [0, 0.1) is 6.92 Å². The molecule has 6 heteroatoms. The molecule has 0 saturated carbocycles. The molecule has 0 atom stereocenters. The van der Waals surface area contributed by atoms with Crippen molar-refractivity contribution in [1.29, 1.82) is 0 Å². The highest BCUT2D eigenvalue weighted by molar-refractivity contribution is 7.18. The van der Waals surface area contributed by atoms with E-state index >= 15 is 0 Å². The van der Waals surface area contributed by atoms with Gasteiger partial charge in [0.05, 0.1) is 17.6 Å². The third-order valence-electron chi connectivity index (χ3n) is 5.99. The smallest absolute Gasteiger partial charge is 0.267 e. The molecule has 0 amide bonds. The largest absolute Gasteiger partial charge is 0.314 e. The summed E-state index contributed by atoms with van der Waals surface area (Å²) < 4.78 is 1.89. The van der Waals surface area contributed by atoms with Gasteiger partial charge >= 0.3 is 0 Å². The van der Waals surface area contributed by atoms with Crippen LogP contribution in [0.25, 0.3) is 15.9 Å². The molecule has 1 fully saturated rings. The number of nitrogens with one attached hydrogen (secondary N) is 1. The molecular weight excluding hydrogens is 368 g/mol. The molecule has 1 saturated heterocycles. The lowest BCUT2D eigenvalue weighted by molar-refractivity contribution is 0.226. The number of aromatic nitrogens is 2. The molecule has 0 spiro atoms. The number of benzene rings is 1. The molecule has 0 bridgehead atoms. The predicted octanol–water partition coefficient (Wildman–Crippen LogP) is 3.04. The predicted molar refractivity (Wildman–Crippen MR) is 115 cm³/mol. The summed E-state index contributed by atoms with van der Waals surface area (Å²) in [7, 11) is 0. The van der Waals surface area contributed by atoms with Gasteiger partial charge in [0.2, 0.25) is 0 Å². The molecule has 0 radical (unpaired) electrons. The van der Waals surface area contributed by atoms with E-state index in [9.17, 15) is 4.79 Å². The summed E-state index contributed by atoms with van der Waals surface area (Å²) in [6.07, 6.45) is 4.50. The minimum absolute atomic E-state index is 0.115. The van der Waals surface area contributed by atoms with Crippen LogP contribution in [0.15, 0.2) is 29.1 Å². The molecule has 5 nitrogen and oxygen atoms in total. The fraction of sp³-hybridized carbons (Fsp3) is 0.455. The third kappa shape index (κ3) is 3.09. The molecule has 3 aromatic rings. The van der Waals surface area contributed by atoms with Gasteiger partial charge in [-0.2, -0.15) is 0 Å². The number of thiophene rings is 1. The molecule has 1 aromatic carbocycles. The van der Waals surface area contributed by atoms with Crippen LogP contribution in [-0.2, 0) is 19.4 Å². The molecule has 1 N–H and O–H groups in total. The topological polar surface area (TPSA) is 50.2 Å². The molecule has 146 valence electrons. The summed E-state index contributed by atoms with van der Waals surface area (Å²) in [5.41, 5.74) is 3.45. The zero-order valence-electron chi connectivity index (χ0n) is 16.3. The van der Waals surface area contributed by atoms with Gasteiger partial charge in [0.25, 0.3) is 5.56 Å². The molecule has 2 aromatic heterocycles. The minimum Gasteiger partial charge on any atom is -0.314 e. The second kappa shape index (κ2) is 7.43. The summed E-state index contributed by atoms with van der Waals surface area (Å²) in [6.45, 7) is 6.74. The fourth-order valence-electron chi connectivity index (χ4n) is 4.49. The number of hydrogen-bond acceptors (Lipinski definition) is 5. The number of nitrogens with zero attached hydrogens (tertiary/aromatic N) is 3. The quantitative estimate of drug-likeness (QED) is 0.742. The Hall–Kier alpha value is -2.02. The van der Waals surface area contributed by atoms with Gasteiger partial charge in [-0.15, -0.1) is 11.3 Å². The number of rotatable bonds is 3. The van der Waals surface area contributed by atoms with Gasteiger partial charge in [-0.3, -0.25) is 14.3 Å². The number of aryl methyl sites for hydroxylation is 3. The number of piperazine rings is 1. The second-order valence-electron chi connectivity index (χ2n) is 7.87. The van der Waals surface area contributed by atoms with Crippen molar-refractivity contribution in [3.8, 4) is 5.69 Å². The molecule has 1 aliphatic heterocycles. The molecule has 5 rings (SSSR count). The van der Waals surface area contributed by atoms with E-state index in [0.29, 0.717) is 6.54 Å². The summed E-state index contributed by atoms with van der Waals surface area (Å²) in [6, 6.07) is 8.16. The summed E-state index contributed by atoms with van der Waals surface area (Å²) in [4.78, 5) is 23.6. The Bertz CT molecular complexity index is 1080. The Morgan fingerprint density at radius 1 is 1.14 bits per heavy atom. The van der Waals surface area contributed by atoms with E-state index in [1.54, 1.807) is 11.3 Å². The van der Waals surface area contributed by atoms with Crippen molar-refractivity contribution in [1.82, 2.24) is 19.8 Å². The van der Waals surface area contributed by atoms with Crippen molar-refractivity contribution in [2.24, 2.45) is 0 Å². The van der Waals surface area contributed by atoms with E-state index < -0.39 is 0 Å². The van der Waals surface area contributed by atoms with Crippen molar-refractivity contribution >= 4 is 21.6 Å². The van der Waals surface area contributed by atoms with Gasteiger partial charge in [0, 0.05) is 31.1 Å². The van der Waals surface area contributed by atoms with Crippen LogP contribution in [0.2, 0.25) is 0 Å². The summed E-state index contributed by atoms with van der Waals surface area (Å²) in [5, 5.41) is 4.27. The number of hydrogen-bond donors (Lipinski definition) is 1. The lowest BCUT2D eigenvalue weighted by atomic mass is 9.97. The van der Waals surface area contributed by atoms with Crippen molar-refractivity contribution in [3.63, 3.8) is 0 Å². The van der Waals surface area contributed by atoms with E-state index in [4.69, 9.17) is 4.98 Å². The van der Waals surface area contributed by atoms with Crippen LogP contribution in [0.4, 0.5) is 0 Å². The van der Waals surface area contributed by atoms with E-state index in [2.05, 4.69) is 23.2 Å².